The molecule has 0 saturated carbocycles. The molecule has 0 radical (unpaired) electrons. The summed E-state index contributed by atoms with van der Waals surface area (Å²) in [5, 5.41) is 2.54. The van der Waals surface area contributed by atoms with Crippen LogP contribution in [0, 0.1) is 0 Å². The number of esters is 1. The second-order valence-electron chi connectivity index (χ2n) is 9.15. The molecule has 5 rings (SSSR count). The number of benzene rings is 3. The van der Waals surface area contributed by atoms with E-state index in [9.17, 15) is 26.4 Å². The van der Waals surface area contributed by atoms with E-state index in [1.54, 1.807) is 12.1 Å². The fraction of sp³-hybridized carbons (Fsp3) is 0.259. The standard InChI is InChI=1S/C27H27N3O8S2/c31-26(28-22-8-10-23(11-9-22)39(33,34)29-14-16-37-17-15-29)19-38-27(32)21-5-3-6-24(18-21)40(35,36)30-13-12-20-4-1-2-7-25(20)30/h1-11,18H,12-17,19H2,(H,28,31). The number of nitrogens with one attached hydrogen (secondary N) is 1. The zero-order valence-corrected chi connectivity index (χ0v) is 23.0. The molecule has 3 aromatic rings. The maximum Gasteiger partial charge on any atom is 0.338 e. The molecule has 40 heavy (non-hydrogen) atoms. The number of rotatable bonds is 8. The number of hydrogen-bond donors (Lipinski definition) is 1. The van der Waals surface area contributed by atoms with E-state index in [0.717, 1.165) is 5.56 Å². The van der Waals surface area contributed by atoms with E-state index in [0.29, 0.717) is 37.6 Å². The van der Waals surface area contributed by atoms with Crippen molar-refractivity contribution in [2.75, 3.05) is 49.1 Å². The van der Waals surface area contributed by atoms with Gasteiger partial charge in [0.1, 0.15) is 0 Å². The largest absolute Gasteiger partial charge is 0.452 e. The van der Waals surface area contributed by atoms with Crippen LogP contribution in [-0.4, -0.2) is 72.5 Å². The Hall–Kier alpha value is -3.78. The van der Waals surface area contributed by atoms with Gasteiger partial charge in [0.15, 0.2) is 6.61 Å². The summed E-state index contributed by atoms with van der Waals surface area (Å²) in [5.41, 5.74) is 1.85. The van der Waals surface area contributed by atoms with Gasteiger partial charge in [-0.05, 0) is 60.5 Å². The van der Waals surface area contributed by atoms with E-state index in [4.69, 9.17) is 9.47 Å². The van der Waals surface area contributed by atoms with Gasteiger partial charge < -0.3 is 14.8 Å². The first-order valence-corrected chi connectivity index (χ1v) is 15.4. The number of sulfonamides is 2. The van der Waals surface area contributed by atoms with Gasteiger partial charge >= 0.3 is 5.97 Å². The summed E-state index contributed by atoms with van der Waals surface area (Å²) in [5.74, 6) is -1.50. The Morgan fingerprint density at radius 3 is 2.30 bits per heavy atom. The number of anilines is 2. The molecule has 210 valence electrons. The van der Waals surface area contributed by atoms with Gasteiger partial charge in [0, 0.05) is 25.3 Å². The van der Waals surface area contributed by atoms with Crippen molar-refractivity contribution in [3.05, 3.63) is 83.9 Å². The average molecular weight is 586 g/mol. The Bertz CT molecular complexity index is 1630. The number of amides is 1. The normalized spacial score (nSPS) is 15.8. The molecular weight excluding hydrogens is 558 g/mol. The lowest BCUT2D eigenvalue weighted by Crippen LogP contribution is -2.40. The third kappa shape index (κ3) is 5.72. The van der Waals surface area contributed by atoms with Crippen molar-refractivity contribution in [1.82, 2.24) is 4.31 Å². The first-order chi connectivity index (χ1) is 19.2. The summed E-state index contributed by atoms with van der Waals surface area (Å²) < 4.78 is 65.0. The number of carbonyl (C=O) groups is 2. The second kappa shape index (κ2) is 11.4. The number of carbonyl (C=O) groups excluding carboxylic acids is 2. The molecule has 3 aromatic carbocycles. The summed E-state index contributed by atoms with van der Waals surface area (Å²) in [6.07, 6.45) is 0.596. The van der Waals surface area contributed by atoms with E-state index in [2.05, 4.69) is 5.32 Å². The molecule has 0 aliphatic carbocycles. The number of ether oxygens (including phenoxy) is 2. The van der Waals surface area contributed by atoms with Crippen LogP contribution in [0.5, 0.6) is 0 Å². The summed E-state index contributed by atoms with van der Waals surface area (Å²) in [7, 11) is -7.58. The Kier molecular flexibility index (Phi) is 7.90. The third-order valence-corrected chi connectivity index (χ3v) is 10.3. The van der Waals surface area contributed by atoms with Crippen LogP contribution < -0.4 is 9.62 Å². The molecular formula is C27H27N3O8S2. The van der Waals surface area contributed by atoms with Crippen LogP contribution in [0.2, 0.25) is 0 Å². The average Bonchev–Trinajstić information content (AvgIpc) is 3.42. The molecule has 2 heterocycles. The molecule has 1 saturated heterocycles. The predicted octanol–water partition coefficient (Wildman–Crippen LogP) is 2.25. The maximum absolute atomic E-state index is 13.3. The number of morpholine rings is 1. The Morgan fingerprint density at radius 2 is 1.55 bits per heavy atom. The lowest BCUT2D eigenvalue weighted by Gasteiger charge is -2.26. The molecule has 1 N–H and O–H groups in total. The Morgan fingerprint density at radius 1 is 0.825 bits per heavy atom. The van der Waals surface area contributed by atoms with Crippen LogP contribution in [0.1, 0.15) is 15.9 Å². The first-order valence-electron chi connectivity index (χ1n) is 12.5. The highest BCUT2D eigenvalue weighted by Crippen LogP contribution is 2.32. The smallest absolute Gasteiger partial charge is 0.338 e. The Balaban J connectivity index is 1.19. The topological polar surface area (TPSA) is 139 Å². The van der Waals surface area contributed by atoms with Crippen LogP contribution in [0.4, 0.5) is 11.4 Å². The van der Waals surface area contributed by atoms with Gasteiger partial charge in [0.2, 0.25) is 10.0 Å². The minimum Gasteiger partial charge on any atom is -0.452 e. The summed E-state index contributed by atoms with van der Waals surface area (Å²) in [4.78, 5) is 25.0. The molecule has 0 bridgehead atoms. The van der Waals surface area contributed by atoms with Gasteiger partial charge in [-0.1, -0.05) is 24.3 Å². The fourth-order valence-corrected chi connectivity index (χ4v) is 7.48. The van der Waals surface area contributed by atoms with Crippen LogP contribution in [0.15, 0.2) is 82.6 Å². The highest BCUT2D eigenvalue weighted by molar-refractivity contribution is 7.92. The molecule has 0 atom stereocenters. The highest BCUT2D eigenvalue weighted by atomic mass is 32.2. The number of nitrogens with zero attached hydrogens (tertiary/aromatic N) is 2. The molecule has 2 aliphatic heterocycles. The van der Waals surface area contributed by atoms with Crippen LogP contribution in [0.25, 0.3) is 0 Å². The van der Waals surface area contributed by atoms with Crippen LogP contribution in [-0.2, 0) is 40.7 Å². The van der Waals surface area contributed by atoms with E-state index in [1.165, 1.54) is 57.1 Å². The van der Waals surface area contributed by atoms with Gasteiger partial charge in [-0.15, -0.1) is 0 Å². The van der Waals surface area contributed by atoms with E-state index < -0.39 is 38.5 Å². The highest BCUT2D eigenvalue weighted by Gasteiger charge is 2.31. The molecule has 0 aromatic heterocycles. The number of para-hydroxylation sites is 1. The van der Waals surface area contributed by atoms with Crippen molar-refractivity contribution in [2.24, 2.45) is 0 Å². The predicted molar refractivity (Wildman–Crippen MR) is 146 cm³/mol. The SMILES string of the molecule is O=C(COC(=O)c1cccc(S(=O)(=O)N2CCc3ccccc32)c1)Nc1ccc(S(=O)(=O)N2CCOCC2)cc1. The second-order valence-corrected chi connectivity index (χ2v) is 12.9. The number of fused-ring (bicyclic) bond motifs is 1. The Labute approximate surface area is 232 Å². The molecule has 11 nitrogen and oxygen atoms in total. The minimum absolute atomic E-state index is 0.0148. The lowest BCUT2D eigenvalue weighted by atomic mass is 10.2. The van der Waals surface area contributed by atoms with E-state index in [1.807, 2.05) is 12.1 Å². The van der Waals surface area contributed by atoms with Crippen molar-refractivity contribution >= 4 is 43.3 Å². The van der Waals surface area contributed by atoms with Gasteiger partial charge in [-0.25, -0.2) is 21.6 Å². The van der Waals surface area contributed by atoms with Gasteiger partial charge in [-0.3, -0.25) is 9.10 Å². The zero-order valence-electron chi connectivity index (χ0n) is 21.4. The van der Waals surface area contributed by atoms with Crippen LogP contribution in [0.3, 0.4) is 0 Å². The molecule has 13 heteroatoms. The lowest BCUT2D eigenvalue weighted by molar-refractivity contribution is -0.119. The van der Waals surface area contributed by atoms with E-state index >= 15 is 0 Å². The van der Waals surface area contributed by atoms with Gasteiger partial charge in [0.05, 0.1) is 34.3 Å². The van der Waals surface area contributed by atoms with Gasteiger partial charge in [0.25, 0.3) is 15.9 Å². The van der Waals surface area contributed by atoms with Crippen molar-refractivity contribution in [3.63, 3.8) is 0 Å². The zero-order chi connectivity index (χ0) is 28.3. The molecule has 2 aliphatic rings. The van der Waals surface area contributed by atoms with Crippen molar-refractivity contribution in [2.45, 2.75) is 16.2 Å². The fourth-order valence-electron chi connectivity index (χ4n) is 4.53. The quantitative estimate of drug-likeness (QED) is 0.397. The summed E-state index contributed by atoms with van der Waals surface area (Å²) >= 11 is 0. The van der Waals surface area contributed by atoms with Crippen molar-refractivity contribution in [3.8, 4) is 0 Å². The van der Waals surface area contributed by atoms with Gasteiger partial charge in [-0.2, -0.15) is 4.31 Å². The summed E-state index contributed by atoms with van der Waals surface area (Å²) in [6.45, 7) is 0.888. The monoisotopic (exact) mass is 585 g/mol. The third-order valence-electron chi connectivity index (χ3n) is 6.58. The van der Waals surface area contributed by atoms with Crippen molar-refractivity contribution in [1.29, 1.82) is 0 Å². The van der Waals surface area contributed by atoms with Crippen molar-refractivity contribution < 1.29 is 35.9 Å². The van der Waals surface area contributed by atoms with Crippen LogP contribution >= 0.6 is 0 Å². The molecule has 0 unspecified atom stereocenters. The van der Waals surface area contributed by atoms with E-state index in [-0.39, 0.29) is 28.4 Å². The first kappa shape index (κ1) is 27.8. The molecule has 0 spiro atoms. The molecule has 1 amide bonds. The maximum atomic E-state index is 13.3. The number of hydrogen-bond acceptors (Lipinski definition) is 8. The summed E-state index contributed by atoms with van der Waals surface area (Å²) in [6, 6.07) is 18.4. The minimum atomic E-state index is -3.91. The molecule has 1 fully saturated rings.